The van der Waals surface area contributed by atoms with Crippen molar-refractivity contribution in [3.05, 3.63) is 153 Å². The molecule has 0 bridgehead atoms. The van der Waals surface area contributed by atoms with Crippen LogP contribution in [0.4, 0.5) is 105 Å². The summed E-state index contributed by atoms with van der Waals surface area (Å²) < 4.78 is 343. The fraction of sp³-hybridized carbons (Fsp3) is 0.238. The van der Waals surface area contributed by atoms with Crippen LogP contribution in [0.25, 0.3) is 0 Å². The molecule has 0 radical (unpaired) electrons. The van der Waals surface area contributed by atoms with Crippen LogP contribution in [0.2, 0.25) is 0 Å². The van der Waals surface area contributed by atoms with Gasteiger partial charge in [-0.1, -0.05) is 48.5 Å². The molecule has 1 heterocycles. The summed E-state index contributed by atoms with van der Waals surface area (Å²) in [5, 5.41) is 17.2. The largest absolute Gasteiger partial charge is 0.416 e. The molecule has 0 amide bonds. The Balaban J connectivity index is 0.000000671. The van der Waals surface area contributed by atoms with Gasteiger partial charge in [0.1, 0.15) is 23.9 Å². The van der Waals surface area contributed by atoms with Crippen molar-refractivity contribution in [1.82, 2.24) is 4.98 Å². The van der Waals surface area contributed by atoms with Gasteiger partial charge in [-0.3, -0.25) is 4.98 Å². The van der Waals surface area contributed by atoms with E-state index in [1.54, 1.807) is 31.7 Å². The lowest BCUT2D eigenvalue weighted by molar-refractivity contribution is -0.689. The van der Waals surface area contributed by atoms with Gasteiger partial charge in [-0.15, -0.1) is 0 Å². The zero-order chi connectivity index (χ0) is 54.3. The topological polar surface area (TPSA) is 64.3 Å². The van der Waals surface area contributed by atoms with Gasteiger partial charge in [0.05, 0.1) is 56.9 Å². The number of nitrogens with zero attached hydrogens (tertiary/aromatic N) is 4. The standard InChI is InChI=1S/C32H12BF24.C10H9N4/c34-25(35,36)13-1-14(26(37,38)39)6-21(5-13)33(22-7-15(27(40,41)42)2-16(8-22)28(43,44)45,23-9-17(29(46,47)48)3-18(10-23)30(49,50)51)24-11-19(31(52,53)54)4-20(12-24)32(55,56)57;1-9(10(6-11)7-12)8-14-4-2-13-3-5-14/h1-12H;2-5H,8H2,1H3/q-1;+1. The molecule has 5 aromatic rings. The molecule has 0 aliphatic heterocycles. The first-order valence-electron chi connectivity index (χ1n) is 18.7. The summed E-state index contributed by atoms with van der Waals surface area (Å²) in [6, 6.07) is -5.09. The van der Waals surface area contributed by atoms with E-state index in [1.807, 2.05) is 16.7 Å². The van der Waals surface area contributed by atoms with Crippen LogP contribution in [0.15, 0.2) is 109 Å². The first-order valence-corrected chi connectivity index (χ1v) is 18.7. The van der Waals surface area contributed by atoms with E-state index >= 15 is 0 Å². The molecule has 0 unspecified atom stereocenters. The lowest BCUT2D eigenvalue weighted by Gasteiger charge is -2.46. The van der Waals surface area contributed by atoms with Gasteiger partial charge in [-0.2, -0.15) is 142 Å². The number of nitriles is 2. The molecule has 0 aliphatic rings. The Bertz CT molecular complexity index is 2410. The van der Waals surface area contributed by atoms with Crippen molar-refractivity contribution < 1.29 is 110 Å². The van der Waals surface area contributed by atoms with Crippen molar-refractivity contribution >= 4 is 28.0 Å². The Kier molecular flexibility index (Phi) is 15.4. The molecule has 0 saturated heterocycles. The minimum absolute atomic E-state index is 0.175. The summed E-state index contributed by atoms with van der Waals surface area (Å²) >= 11 is 0. The second-order valence-electron chi connectivity index (χ2n) is 15.0. The summed E-state index contributed by atoms with van der Waals surface area (Å²) in [5.74, 6) is 0. The monoisotopic (exact) mass is 1050 g/mol. The van der Waals surface area contributed by atoms with Crippen LogP contribution in [-0.4, -0.2) is 11.1 Å². The van der Waals surface area contributed by atoms with Gasteiger partial charge in [-0.25, -0.2) is 0 Å². The molecule has 0 atom stereocenters. The molecule has 0 fully saturated rings. The smallest absolute Gasteiger partial charge is 0.252 e. The minimum atomic E-state index is -6.13. The molecule has 4 nitrogen and oxygen atoms in total. The van der Waals surface area contributed by atoms with Gasteiger partial charge in [0.2, 0.25) is 0 Å². The summed E-state index contributed by atoms with van der Waals surface area (Å²) in [7, 11) is 0. The van der Waals surface area contributed by atoms with Gasteiger partial charge in [0, 0.05) is 5.57 Å². The maximum Gasteiger partial charge on any atom is 0.416 e. The van der Waals surface area contributed by atoms with Crippen molar-refractivity contribution in [2.45, 2.75) is 62.9 Å². The van der Waals surface area contributed by atoms with Crippen LogP contribution < -0.4 is 26.4 Å². The highest BCUT2D eigenvalue weighted by Crippen LogP contribution is 2.41. The average Bonchev–Trinajstić information content (AvgIpc) is 3.22. The number of alkyl halides is 24. The summed E-state index contributed by atoms with van der Waals surface area (Å²) in [4.78, 5) is 3.87. The zero-order valence-electron chi connectivity index (χ0n) is 34.4. The maximum absolute atomic E-state index is 14.2. The van der Waals surface area contributed by atoms with E-state index in [4.69, 9.17) is 10.5 Å². The van der Waals surface area contributed by atoms with E-state index < -0.39 is 195 Å². The number of hydrogen-bond acceptors (Lipinski definition) is 3. The van der Waals surface area contributed by atoms with Gasteiger partial charge >= 0.3 is 49.4 Å². The molecular weight excluding hydrogens is 1030 g/mol. The predicted octanol–water partition coefficient (Wildman–Crippen LogP) is 11.9. The molecule has 0 saturated carbocycles. The van der Waals surface area contributed by atoms with Crippen LogP contribution in [0.1, 0.15) is 51.4 Å². The van der Waals surface area contributed by atoms with Crippen LogP contribution in [0.3, 0.4) is 0 Å². The molecule has 0 spiro atoms. The van der Waals surface area contributed by atoms with Crippen molar-refractivity contribution in [2.24, 2.45) is 0 Å². The van der Waals surface area contributed by atoms with E-state index in [9.17, 15) is 105 Å². The Morgan fingerprint density at radius 2 is 0.592 bits per heavy atom. The van der Waals surface area contributed by atoms with E-state index in [2.05, 4.69) is 4.98 Å². The van der Waals surface area contributed by atoms with E-state index in [-0.39, 0.29) is 5.57 Å². The second-order valence-corrected chi connectivity index (χ2v) is 15.0. The first-order chi connectivity index (χ1) is 32.0. The number of allylic oxidation sites excluding steroid dienone is 2. The van der Waals surface area contributed by atoms with Crippen molar-refractivity contribution in [3.63, 3.8) is 0 Å². The first kappa shape index (κ1) is 56.7. The molecule has 4 aromatic carbocycles. The molecule has 5 rings (SSSR count). The summed E-state index contributed by atoms with van der Waals surface area (Å²) in [6.07, 6.45) is -47.9. The van der Waals surface area contributed by atoms with Crippen LogP contribution >= 0.6 is 0 Å². The number of halogens is 24. The van der Waals surface area contributed by atoms with Crippen molar-refractivity contribution in [1.29, 1.82) is 10.5 Å². The Hall–Kier alpha value is -6.94. The quantitative estimate of drug-likeness (QED) is 0.0737. The second kappa shape index (κ2) is 19.3. The Morgan fingerprint density at radius 3 is 0.761 bits per heavy atom. The minimum Gasteiger partial charge on any atom is -0.252 e. The molecule has 71 heavy (non-hydrogen) atoms. The number of benzene rings is 4. The highest BCUT2D eigenvalue weighted by atomic mass is 19.4. The molecule has 29 heteroatoms. The van der Waals surface area contributed by atoms with Crippen LogP contribution in [0, 0.1) is 22.7 Å². The predicted molar refractivity (Wildman–Crippen MR) is 198 cm³/mol. The molecule has 0 N–H and O–H groups in total. The lowest BCUT2D eigenvalue weighted by Crippen LogP contribution is -2.75. The van der Waals surface area contributed by atoms with E-state index in [0.29, 0.717) is 6.54 Å². The maximum atomic E-state index is 14.2. The molecule has 0 aliphatic carbocycles. The van der Waals surface area contributed by atoms with Gasteiger partial charge in [-0.05, 0) is 31.2 Å². The fourth-order valence-corrected chi connectivity index (χ4v) is 7.09. The Labute approximate surface area is 381 Å². The van der Waals surface area contributed by atoms with Gasteiger partial charge in [0.15, 0.2) is 18.9 Å². The SMILES string of the molecule is CC(C[n+]1ccncc1)=C(C#N)C#N.FC(F)(F)c1cc([B-](c2cc(C(F)(F)F)cc(C(F)(F)F)c2)(c2cc(C(F)(F)F)cc(C(F)(F)F)c2)c2cc(C(F)(F)F)cc(C(F)(F)F)c2)cc(C(F)(F)F)c1. The highest BCUT2D eigenvalue weighted by molar-refractivity contribution is 7.20. The number of aromatic nitrogens is 2. The highest BCUT2D eigenvalue weighted by Gasteiger charge is 2.47. The third kappa shape index (κ3) is 13.3. The van der Waals surface area contributed by atoms with E-state index in [0.717, 1.165) is 5.57 Å². The normalized spacial score (nSPS) is 13.2. The fourth-order valence-electron chi connectivity index (χ4n) is 7.09. The van der Waals surface area contributed by atoms with Crippen molar-refractivity contribution in [3.8, 4) is 12.1 Å². The molecule has 1 aromatic heterocycles. The van der Waals surface area contributed by atoms with Crippen LogP contribution in [0.5, 0.6) is 0 Å². The summed E-state index contributed by atoms with van der Waals surface area (Å²) in [6.45, 7) is 2.31. The Morgan fingerprint density at radius 1 is 0.394 bits per heavy atom. The van der Waals surface area contributed by atoms with Gasteiger partial charge in [0.25, 0.3) is 0 Å². The average molecular weight is 1050 g/mol. The zero-order valence-corrected chi connectivity index (χ0v) is 34.4. The molecular formula is C42H21BF24N4. The third-order valence-corrected chi connectivity index (χ3v) is 10.2. The summed E-state index contributed by atoms with van der Waals surface area (Å²) in [5.41, 5.74) is -29.3. The van der Waals surface area contributed by atoms with Crippen molar-refractivity contribution in [2.75, 3.05) is 0 Å². The number of rotatable bonds is 6. The van der Waals surface area contributed by atoms with E-state index in [1.165, 1.54) is 0 Å². The number of hydrogen-bond donors (Lipinski definition) is 0. The lowest BCUT2D eigenvalue weighted by atomic mass is 9.12. The van der Waals surface area contributed by atoms with Gasteiger partial charge < -0.3 is 0 Å². The third-order valence-electron chi connectivity index (χ3n) is 10.2. The van der Waals surface area contributed by atoms with Crippen LogP contribution in [-0.2, 0) is 56.0 Å². The molecule has 380 valence electrons.